The van der Waals surface area contributed by atoms with Crippen molar-refractivity contribution >= 4 is 23.4 Å². The summed E-state index contributed by atoms with van der Waals surface area (Å²) in [5, 5.41) is 3.32. The van der Waals surface area contributed by atoms with E-state index in [1.54, 1.807) is 6.33 Å². The van der Waals surface area contributed by atoms with Gasteiger partial charge >= 0.3 is 0 Å². The van der Waals surface area contributed by atoms with Gasteiger partial charge in [-0.2, -0.15) is 11.8 Å². The molecule has 0 saturated heterocycles. The lowest BCUT2D eigenvalue weighted by Gasteiger charge is -2.28. The summed E-state index contributed by atoms with van der Waals surface area (Å²) in [5.41, 5.74) is 1.21. The monoisotopic (exact) mass is 282 g/mol. The third-order valence-corrected chi connectivity index (χ3v) is 4.00. The highest BCUT2D eigenvalue weighted by atomic mass is 32.2. The van der Waals surface area contributed by atoms with E-state index in [2.05, 4.69) is 54.3 Å². The molecule has 0 aliphatic rings. The van der Waals surface area contributed by atoms with E-state index in [-0.39, 0.29) is 0 Å². The average Bonchev–Trinajstić information content (AvgIpc) is 2.44. The van der Waals surface area contributed by atoms with Crippen LogP contribution in [0.2, 0.25) is 0 Å². The van der Waals surface area contributed by atoms with Gasteiger partial charge in [-0.05, 0) is 38.7 Å². The van der Waals surface area contributed by atoms with Gasteiger partial charge in [0.2, 0.25) is 0 Å². The van der Waals surface area contributed by atoms with Crippen LogP contribution < -0.4 is 10.2 Å². The molecule has 0 spiro atoms. The van der Waals surface area contributed by atoms with Crippen LogP contribution in [0.15, 0.2) is 6.33 Å². The normalized spacial score (nSPS) is 12.3. The number of thioether (sulfide) groups is 1. The topological polar surface area (TPSA) is 41.1 Å². The Labute approximate surface area is 121 Å². The van der Waals surface area contributed by atoms with E-state index in [9.17, 15) is 0 Å². The third-order valence-electron chi connectivity index (χ3n) is 3.36. The first-order chi connectivity index (χ1) is 9.15. The Kier molecular flexibility index (Phi) is 6.99. The van der Waals surface area contributed by atoms with Gasteiger partial charge in [0.05, 0.1) is 0 Å². The Bertz CT molecular complexity index is 384. The van der Waals surface area contributed by atoms with Crippen LogP contribution in [0.4, 0.5) is 11.6 Å². The van der Waals surface area contributed by atoms with Gasteiger partial charge in [-0.25, -0.2) is 9.97 Å². The first-order valence-electron chi connectivity index (χ1n) is 6.95. The van der Waals surface area contributed by atoms with Crippen molar-refractivity contribution in [2.24, 2.45) is 0 Å². The first-order valence-corrected chi connectivity index (χ1v) is 8.34. The van der Waals surface area contributed by atoms with Gasteiger partial charge < -0.3 is 10.2 Å². The van der Waals surface area contributed by atoms with Crippen LogP contribution in [0.5, 0.6) is 0 Å². The lowest BCUT2D eigenvalue weighted by atomic mass is 10.1. The second kappa shape index (κ2) is 8.25. The van der Waals surface area contributed by atoms with Crippen molar-refractivity contribution in [3.8, 4) is 0 Å². The van der Waals surface area contributed by atoms with Gasteiger partial charge in [0, 0.05) is 25.2 Å². The Morgan fingerprint density at radius 2 is 2.11 bits per heavy atom. The highest BCUT2D eigenvalue weighted by molar-refractivity contribution is 7.98. The summed E-state index contributed by atoms with van der Waals surface area (Å²) in [6, 6.07) is 0.488. The molecular formula is C14H26N4S. The zero-order chi connectivity index (χ0) is 14.3. The Morgan fingerprint density at radius 1 is 1.37 bits per heavy atom. The second-order valence-electron chi connectivity index (χ2n) is 4.65. The molecule has 0 bridgehead atoms. The van der Waals surface area contributed by atoms with E-state index in [0.29, 0.717) is 6.04 Å². The smallest absolute Gasteiger partial charge is 0.137 e. The number of rotatable bonds is 8. The summed E-state index contributed by atoms with van der Waals surface area (Å²) in [4.78, 5) is 11.1. The van der Waals surface area contributed by atoms with Crippen LogP contribution in [-0.4, -0.2) is 41.6 Å². The average molecular weight is 282 g/mol. The summed E-state index contributed by atoms with van der Waals surface area (Å²) >= 11 is 1.89. The minimum atomic E-state index is 0.488. The van der Waals surface area contributed by atoms with Gasteiger partial charge in [-0.3, -0.25) is 0 Å². The molecule has 0 amide bonds. The van der Waals surface area contributed by atoms with Crippen LogP contribution in [0.25, 0.3) is 0 Å². The zero-order valence-electron chi connectivity index (χ0n) is 12.7. The first kappa shape index (κ1) is 16.1. The van der Waals surface area contributed by atoms with Crippen molar-refractivity contribution in [1.82, 2.24) is 9.97 Å². The van der Waals surface area contributed by atoms with Gasteiger partial charge in [-0.1, -0.05) is 6.92 Å². The van der Waals surface area contributed by atoms with E-state index in [1.165, 1.54) is 17.7 Å². The van der Waals surface area contributed by atoms with Crippen molar-refractivity contribution in [3.63, 3.8) is 0 Å². The summed E-state index contributed by atoms with van der Waals surface area (Å²) in [7, 11) is 2.13. The largest absolute Gasteiger partial charge is 0.370 e. The molecule has 1 atom stereocenters. The number of anilines is 2. The van der Waals surface area contributed by atoms with Crippen molar-refractivity contribution in [2.45, 2.75) is 39.7 Å². The SMILES string of the molecule is CCNc1ncnc(N(C)C(C)CCSC)c1CC. The molecule has 0 fully saturated rings. The van der Waals surface area contributed by atoms with Gasteiger partial charge in [0.15, 0.2) is 0 Å². The maximum atomic E-state index is 4.49. The fourth-order valence-corrected chi connectivity index (χ4v) is 2.62. The Hall–Kier alpha value is -0.970. The molecule has 108 valence electrons. The van der Waals surface area contributed by atoms with E-state index < -0.39 is 0 Å². The third kappa shape index (κ3) is 4.27. The minimum Gasteiger partial charge on any atom is -0.370 e. The van der Waals surface area contributed by atoms with E-state index in [0.717, 1.165) is 24.6 Å². The van der Waals surface area contributed by atoms with E-state index in [1.807, 2.05) is 11.8 Å². The Morgan fingerprint density at radius 3 is 2.68 bits per heavy atom. The van der Waals surface area contributed by atoms with E-state index in [4.69, 9.17) is 0 Å². The maximum Gasteiger partial charge on any atom is 0.137 e. The molecule has 0 aliphatic heterocycles. The minimum absolute atomic E-state index is 0.488. The molecule has 5 heteroatoms. The van der Waals surface area contributed by atoms with Crippen LogP contribution in [-0.2, 0) is 6.42 Å². The van der Waals surface area contributed by atoms with E-state index >= 15 is 0 Å². The van der Waals surface area contributed by atoms with Crippen molar-refractivity contribution < 1.29 is 0 Å². The molecule has 19 heavy (non-hydrogen) atoms. The molecule has 0 saturated carbocycles. The van der Waals surface area contributed by atoms with Crippen LogP contribution in [0, 0.1) is 0 Å². The molecule has 1 aromatic heterocycles. The van der Waals surface area contributed by atoms with Gasteiger partial charge in [0.1, 0.15) is 18.0 Å². The predicted molar refractivity (Wildman–Crippen MR) is 86.4 cm³/mol. The fourth-order valence-electron chi connectivity index (χ4n) is 2.04. The maximum absolute atomic E-state index is 4.49. The van der Waals surface area contributed by atoms with Crippen molar-refractivity contribution in [1.29, 1.82) is 0 Å². The molecule has 1 heterocycles. The van der Waals surface area contributed by atoms with Gasteiger partial charge in [-0.15, -0.1) is 0 Å². The molecule has 1 unspecified atom stereocenters. The second-order valence-corrected chi connectivity index (χ2v) is 5.64. The molecule has 4 nitrogen and oxygen atoms in total. The highest BCUT2D eigenvalue weighted by Crippen LogP contribution is 2.25. The van der Waals surface area contributed by atoms with Crippen molar-refractivity contribution in [3.05, 3.63) is 11.9 Å². The number of nitrogens with one attached hydrogen (secondary N) is 1. The summed E-state index contributed by atoms with van der Waals surface area (Å²) in [6.45, 7) is 7.38. The standard InChI is InChI=1S/C14H26N4S/c1-6-12-13(15-7-2)16-10-17-14(12)18(4)11(3)8-9-19-5/h10-11H,6-9H2,1-5H3,(H,15,16,17). The lowest BCUT2D eigenvalue weighted by molar-refractivity contribution is 0.658. The zero-order valence-corrected chi connectivity index (χ0v) is 13.5. The summed E-state index contributed by atoms with van der Waals surface area (Å²) < 4.78 is 0. The summed E-state index contributed by atoms with van der Waals surface area (Å²) in [6.07, 6.45) is 5.92. The number of hydrogen-bond acceptors (Lipinski definition) is 5. The molecule has 0 radical (unpaired) electrons. The molecule has 1 rings (SSSR count). The molecule has 1 aromatic rings. The number of nitrogens with zero attached hydrogens (tertiary/aromatic N) is 3. The fraction of sp³-hybridized carbons (Fsp3) is 0.714. The predicted octanol–water partition coefficient (Wildman–Crippen LogP) is 3.05. The number of hydrogen-bond donors (Lipinski definition) is 1. The highest BCUT2D eigenvalue weighted by Gasteiger charge is 2.17. The van der Waals surface area contributed by atoms with Crippen LogP contribution in [0.1, 0.15) is 32.8 Å². The molecule has 0 aromatic carbocycles. The molecular weight excluding hydrogens is 256 g/mol. The number of aromatic nitrogens is 2. The summed E-state index contributed by atoms with van der Waals surface area (Å²) in [5.74, 6) is 3.21. The van der Waals surface area contributed by atoms with Gasteiger partial charge in [0.25, 0.3) is 0 Å². The van der Waals surface area contributed by atoms with Crippen LogP contribution >= 0.6 is 11.8 Å². The van der Waals surface area contributed by atoms with Crippen LogP contribution in [0.3, 0.4) is 0 Å². The van der Waals surface area contributed by atoms with Crippen molar-refractivity contribution in [2.75, 3.05) is 35.8 Å². The quantitative estimate of drug-likeness (QED) is 0.793. The Balaban J connectivity index is 2.94. The molecule has 1 N–H and O–H groups in total. The lowest BCUT2D eigenvalue weighted by Crippen LogP contribution is -2.31. The molecule has 0 aliphatic carbocycles.